The summed E-state index contributed by atoms with van der Waals surface area (Å²) < 4.78 is 21.8. The van der Waals surface area contributed by atoms with Crippen molar-refractivity contribution in [1.82, 2.24) is 0 Å². The van der Waals surface area contributed by atoms with Gasteiger partial charge in [-0.1, -0.05) is 13.0 Å². The third-order valence-electron chi connectivity index (χ3n) is 2.55. The highest BCUT2D eigenvalue weighted by Crippen LogP contribution is 2.23. The third kappa shape index (κ3) is 3.33. The molecular formula is C13H19NO2S. The van der Waals surface area contributed by atoms with Crippen LogP contribution in [0.25, 0.3) is 0 Å². The number of hydrogen-bond acceptors (Lipinski definition) is 2. The lowest BCUT2D eigenvalue weighted by atomic mass is 10.2. The second-order valence-corrected chi connectivity index (χ2v) is 5.86. The number of benzene rings is 1. The summed E-state index contributed by atoms with van der Waals surface area (Å²) in [7, 11) is -1.04. The first-order chi connectivity index (χ1) is 7.90. The Morgan fingerprint density at radius 3 is 2.71 bits per heavy atom. The van der Waals surface area contributed by atoms with Crippen LogP contribution in [0.3, 0.4) is 0 Å². The maximum atomic E-state index is 12.5. The van der Waals surface area contributed by atoms with Crippen LogP contribution in [0.2, 0.25) is 0 Å². The van der Waals surface area contributed by atoms with Crippen LogP contribution in [-0.2, 0) is 9.71 Å². The van der Waals surface area contributed by atoms with Crippen LogP contribution in [0, 0.1) is 6.92 Å². The Hall–Kier alpha value is -1.29. The molecule has 0 spiro atoms. The molecule has 1 atom stereocenters. The summed E-state index contributed by atoms with van der Waals surface area (Å²) in [5.41, 5.74) is 1.76. The number of methoxy groups -OCH3 is 1. The predicted molar refractivity (Wildman–Crippen MR) is 74.7 cm³/mol. The molecular weight excluding hydrogens is 234 g/mol. The van der Waals surface area contributed by atoms with E-state index in [0.29, 0.717) is 10.6 Å². The average molecular weight is 253 g/mol. The van der Waals surface area contributed by atoms with Crippen LogP contribution >= 0.6 is 0 Å². The van der Waals surface area contributed by atoms with Crippen LogP contribution in [0.5, 0.6) is 5.75 Å². The Balaban J connectivity index is 3.33. The van der Waals surface area contributed by atoms with Crippen molar-refractivity contribution in [3.8, 4) is 5.75 Å². The Labute approximate surface area is 104 Å². The van der Waals surface area contributed by atoms with Crippen molar-refractivity contribution >= 4 is 21.3 Å². The Morgan fingerprint density at radius 2 is 2.18 bits per heavy atom. The van der Waals surface area contributed by atoms with Crippen molar-refractivity contribution in [2.24, 2.45) is 4.40 Å². The van der Waals surface area contributed by atoms with Crippen molar-refractivity contribution < 1.29 is 8.95 Å². The van der Waals surface area contributed by atoms with Gasteiger partial charge in [0, 0.05) is 5.71 Å². The third-order valence-corrected chi connectivity index (χ3v) is 4.29. The number of aryl methyl sites for hydroxylation is 1. The molecule has 0 N–H and O–H groups in total. The van der Waals surface area contributed by atoms with Gasteiger partial charge in [-0.3, -0.25) is 0 Å². The quantitative estimate of drug-likeness (QED) is 0.611. The first kappa shape index (κ1) is 13.8. The van der Waals surface area contributed by atoms with Crippen LogP contribution in [0.15, 0.2) is 27.5 Å². The Kier molecular flexibility index (Phi) is 4.34. The minimum Gasteiger partial charge on any atom is -0.497 e. The van der Waals surface area contributed by atoms with Crippen LogP contribution in [-0.4, -0.2) is 22.9 Å². The molecule has 0 aliphatic rings. The molecule has 1 aromatic rings. The molecule has 3 nitrogen and oxygen atoms in total. The monoisotopic (exact) mass is 253 g/mol. The summed E-state index contributed by atoms with van der Waals surface area (Å²) in [4.78, 5) is 0.643. The first-order valence-electron chi connectivity index (χ1n) is 5.48. The van der Waals surface area contributed by atoms with E-state index in [0.717, 1.165) is 17.7 Å². The average Bonchev–Trinajstić information content (AvgIpc) is 2.28. The molecule has 0 heterocycles. The van der Waals surface area contributed by atoms with Gasteiger partial charge >= 0.3 is 0 Å². The second-order valence-electron chi connectivity index (χ2n) is 3.95. The summed E-state index contributed by atoms with van der Waals surface area (Å²) >= 11 is 0. The normalized spacial score (nSPS) is 15.4. The van der Waals surface area contributed by atoms with Crippen LogP contribution in [0.4, 0.5) is 0 Å². The number of rotatable bonds is 4. The fraction of sp³-hybridized carbons (Fsp3) is 0.385. The van der Waals surface area contributed by atoms with E-state index in [1.807, 2.05) is 32.9 Å². The van der Waals surface area contributed by atoms with Gasteiger partial charge in [-0.05, 0) is 43.8 Å². The molecule has 0 bridgehead atoms. The van der Waals surface area contributed by atoms with E-state index in [4.69, 9.17) is 4.74 Å². The van der Waals surface area contributed by atoms with E-state index in [-0.39, 0.29) is 0 Å². The standard InChI is InChI=1S/C13H19NO2S/c1-6-11(3)14-17(5,15)13-9-12(16-4)8-7-10(13)2/h7-9H,5-6H2,1-4H3. The summed E-state index contributed by atoms with van der Waals surface area (Å²) in [5, 5.41) is 0. The molecule has 94 valence electrons. The van der Waals surface area contributed by atoms with Gasteiger partial charge in [0.15, 0.2) is 0 Å². The molecule has 1 rings (SSSR count). The molecule has 4 heteroatoms. The molecule has 0 aliphatic carbocycles. The molecule has 0 aliphatic heterocycles. The summed E-state index contributed by atoms with van der Waals surface area (Å²) in [6, 6.07) is 5.46. The highest BCUT2D eigenvalue weighted by molar-refractivity contribution is 7.99. The van der Waals surface area contributed by atoms with Crippen molar-refractivity contribution in [3.63, 3.8) is 0 Å². The summed E-state index contributed by atoms with van der Waals surface area (Å²) in [6.07, 6.45) is 0.773. The van der Waals surface area contributed by atoms with E-state index in [1.54, 1.807) is 13.2 Å². The van der Waals surface area contributed by atoms with E-state index < -0.39 is 9.71 Å². The van der Waals surface area contributed by atoms with Crippen molar-refractivity contribution in [1.29, 1.82) is 0 Å². The smallest absolute Gasteiger partial charge is 0.120 e. The van der Waals surface area contributed by atoms with E-state index in [2.05, 4.69) is 10.3 Å². The van der Waals surface area contributed by atoms with E-state index >= 15 is 0 Å². The van der Waals surface area contributed by atoms with Gasteiger partial charge in [0.25, 0.3) is 0 Å². The van der Waals surface area contributed by atoms with Gasteiger partial charge in [0.2, 0.25) is 0 Å². The molecule has 1 unspecified atom stereocenters. The zero-order valence-electron chi connectivity index (χ0n) is 10.8. The highest BCUT2D eigenvalue weighted by atomic mass is 32.2. The van der Waals surface area contributed by atoms with Crippen LogP contribution in [0.1, 0.15) is 25.8 Å². The lowest BCUT2D eigenvalue weighted by molar-refractivity contribution is 0.413. The Morgan fingerprint density at radius 1 is 1.53 bits per heavy atom. The second kappa shape index (κ2) is 5.36. The number of hydrogen-bond donors (Lipinski definition) is 0. The van der Waals surface area contributed by atoms with E-state index in [1.165, 1.54) is 0 Å². The summed E-state index contributed by atoms with van der Waals surface area (Å²) in [6.45, 7) is 5.74. The molecule has 0 saturated carbocycles. The zero-order chi connectivity index (χ0) is 13.1. The van der Waals surface area contributed by atoms with Gasteiger partial charge in [-0.25, -0.2) is 8.61 Å². The number of nitrogens with zero attached hydrogens (tertiary/aromatic N) is 1. The molecule has 1 aromatic carbocycles. The highest BCUT2D eigenvalue weighted by Gasteiger charge is 2.11. The fourth-order valence-corrected chi connectivity index (χ4v) is 3.02. The van der Waals surface area contributed by atoms with Gasteiger partial charge in [-0.15, -0.1) is 0 Å². The predicted octanol–water partition coefficient (Wildman–Crippen LogP) is 2.86. The Bertz CT molecular complexity index is 530. The minimum atomic E-state index is -2.63. The van der Waals surface area contributed by atoms with Crippen molar-refractivity contribution in [2.75, 3.05) is 7.11 Å². The largest absolute Gasteiger partial charge is 0.497 e. The molecule has 0 aromatic heterocycles. The van der Waals surface area contributed by atoms with E-state index in [9.17, 15) is 4.21 Å². The molecule has 17 heavy (non-hydrogen) atoms. The maximum Gasteiger partial charge on any atom is 0.120 e. The minimum absolute atomic E-state index is 0.643. The number of ether oxygens (including phenoxy) is 1. The maximum absolute atomic E-state index is 12.5. The molecule has 0 fully saturated rings. The van der Waals surface area contributed by atoms with Crippen LogP contribution < -0.4 is 4.74 Å². The zero-order valence-corrected chi connectivity index (χ0v) is 11.6. The van der Waals surface area contributed by atoms with Gasteiger partial charge < -0.3 is 4.74 Å². The molecule has 0 radical (unpaired) electrons. The molecule has 0 amide bonds. The lowest BCUT2D eigenvalue weighted by Crippen LogP contribution is -2.03. The van der Waals surface area contributed by atoms with Crippen molar-refractivity contribution in [2.45, 2.75) is 32.1 Å². The fourth-order valence-electron chi connectivity index (χ4n) is 1.42. The topological polar surface area (TPSA) is 38.7 Å². The van der Waals surface area contributed by atoms with Crippen molar-refractivity contribution in [3.05, 3.63) is 23.8 Å². The first-order valence-corrected chi connectivity index (χ1v) is 7.16. The molecule has 0 saturated heterocycles. The lowest BCUT2D eigenvalue weighted by Gasteiger charge is -2.10. The SMILES string of the molecule is C=S(=O)(N=C(C)CC)c1cc(OC)ccc1C. The van der Waals surface area contributed by atoms with Gasteiger partial charge in [0.05, 0.1) is 21.7 Å². The summed E-state index contributed by atoms with van der Waals surface area (Å²) in [5.74, 6) is 4.42. The van der Waals surface area contributed by atoms with Gasteiger partial charge in [0.1, 0.15) is 5.75 Å². The van der Waals surface area contributed by atoms with Gasteiger partial charge in [-0.2, -0.15) is 0 Å².